The molecule has 1 N–H and O–H groups in total. The van der Waals surface area contributed by atoms with Crippen molar-refractivity contribution in [2.24, 2.45) is 0 Å². The van der Waals surface area contributed by atoms with Crippen molar-refractivity contribution in [1.82, 2.24) is 9.62 Å². The van der Waals surface area contributed by atoms with E-state index in [-0.39, 0.29) is 30.8 Å². The van der Waals surface area contributed by atoms with Gasteiger partial charge in [0.25, 0.3) is 5.91 Å². The number of alkyl halides is 1. The summed E-state index contributed by atoms with van der Waals surface area (Å²) in [6.45, 7) is 1.16. The zero-order valence-corrected chi connectivity index (χ0v) is 21.4. The molecule has 1 aliphatic heterocycles. The van der Waals surface area contributed by atoms with Crippen LogP contribution in [-0.2, 0) is 24.7 Å². The summed E-state index contributed by atoms with van der Waals surface area (Å²) >= 11 is 0. The van der Waals surface area contributed by atoms with E-state index in [4.69, 9.17) is 4.74 Å². The Hall–Kier alpha value is -2.76. The van der Waals surface area contributed by atoms with Crippen molar-refractivity contribution >= 4 is 25.8 Å². The Morgan fingerprint density at radius 3 is 2.31 bits per heavy atom. The molecule has 1 heterocycles. The molecule has 8 nitrogen and oxygen atoms in total. The van der Waals surface area contributed by atoms with E-state index in [0.717, 1.165) is 11.7 Å². The van der Waals surface area contributed by atoms with Gasteiger partial charge in [-0.05, 0) is 30.7 Å². The molecule has 0 radical (unpaired) electrons. The van der Waals surface area contributed by atoms with Crippen molar-refractivity contribution in [3.63, 3.8) is 0 Å². The van der Waals surface area contributed by atoms with Crippen molar-refractivity contribution in [3.05, 3.63) is 60.0 Å². The molecular weight excluding hydrogens is 495 g/mol. The Labute approximate surface area is 205 Å². The fourth-order valence-corrected chi connectivity index (χ4v) is 5.95. The highest BCUT2D eigenvalue weighted by Crippen LogP contribution is 2.35. The number of rotatable bonds is 8. The molecule has 2 aromatic rings. The number of piperidine rings is 1. The monoisotopic (exact) mass is 524 g/mol. The number of sulfone groups is 1. The van der Waals surface area contributed by atoms with Crippen LogP contribution in [0.3, 0.4) is 0 Å². The van der Waals surface area contributed by atoms with E-state index < -0.39 is 37.5 Å². The molecule has 0 aliphatic carbocycles. The number of carbonyl (C=O) groups excluding carboxylic acids is 1. The molecule has 2 aromatic carbocycles. The largest absolute Gasteiger partial charge is 0.497 e. The van der Waals surface area contributed by atoms with Crippen molar-refractivity contribution in [2.45, 2.75) is 36.4 Å². The second-order valence-corrected chi connectivity index (χ2v) is 12.4. The maximum atomic E-state index is 15.4. The first kappa shape index (κ1) is 26.8. The van der Waals surface area contributed by atoms with E-state index in [2.05, 4.69) is 5.32 Å². The van der Waals surface area contributed by atoms with Gasteiger partial charge in [-0.2, -0.15) is 4.31 Å². The second kappa shape index (κ2) is 10.5. The average Bonchev–Trinajstić information content (AvgIpc) is 2.82. The summed E-state index contributed by atoms with van der Waals surface area (Å²) in [5, 5.41) is 3.39. The van der Waals surface area contributed by atoms with Crippen LogP contribution in [0.5, 0.6) is 5.75 Å². The average molecular weight is 525 g/mol. The zero-order valence-electron chi connectivity index (χ0n) is 19.8. The summed E-state index contributed by atoms with van der Waals surface area (Å²) < 4.78 is 71.4. The summed E-state index contributed by atoms with van der Waals surface area (Å²) in [4.78, 5) is 12.6. The standard InChI is InChI=1S/C24H29FN2O6S2/c1-18(11-16-34(3,29)30)26-23(28)24(25)12-14-27(15-13-24)35(31,32)22-10-9-20(33-2)17-21(22)19-7-5-4-6-8-19/h4-11,16-18H,12-15H2,1-3H3,(H,26,28)/b16-11-/t18-/m0/s1. The van der Waals surface area contributed by atoms with Crippen LogP contribution in [0.2, 0.25) is 0 Å². The van der Waals surface area contributed by atoms with Crippen LogP contribution in [0.15, 0.2) is 64.9 Å². The van der Waals surface area contributed by atoms with Gasteiger partial charge in [-0.15, -0.1) is 0 Å². The van der Waals surface area contributed by atoms with Crippen molar-refractivity contribution in [2.75, 3.05) is 26.5 Å². The number of halogens is 1. The lowest BCUT2D eigenvalue weighted by atomic mass is 9.93. The van der Waals surface area contributed by atoms with E-state index in [1.165, 1.54) is 30.5 Å². The van der Waals surface area contributed by atoms with Crippen molar-refractivity contribution < 1.29 is 30.8 Å². The fourth-order valence-electron chi connectivity index (χ4n) is 3.80. The molecule has 3 rings (SSSR count). The molecule has 0 unspecified atom stereocenters. The minimum atomic E-state index is -3.99. The topological polar surface area (TPSA) is 110 Å². The molecule has 1 amide bonds. The maximum Gasteiger partial charge on any atom is 0.258 e. The highest BCUT2D eigenvalue weighted by atomic mass is 32.2. The normalized spacial score (nSPS) is 17.7. The zero-order chi connectivity index (χ0) is 25.9. The Morgan fingerprint density at radius 2 is 1.74 bits per heavy atom. The Morgan fingerprint density at radius 1 is 1.11 bits per heavy atom. The highest BCUT2D eigenvalue weighted by Gasteiger charge is 2.44. The molecule has 0 aromatic heterocycles. The lowest BCUT2D eigenvalue weighted by molar-refractivity contribution is -0.135. The molecular formula is C24H29FN2O6S2. The van der Waals surface area contributed by atoms with Crippen LogP contribution in [-0.4, -0.2) is 65.2 Å². The number of hydrogen-bond acceptors (Lipinski definition) is 6. The Balaban J connectivity index is 1.78. The smallest absolute Gasteiger partial charge is 0.258 e. The van der Waals surface area contributed by atoms with Crippen LogP contribution in [0.4, 0.5) is 4.39 Å². The Bertz CT molecular complexity index is 1300. The van der Waals surface area contributed by atoms with Gasteiger partial charge in [0.15, 0.2) is 15.5 Å². The number of sulfonamides is 1. The van der Waals surface area contributed by atoms with Crippen LogP contribution in [0.1, 0.15) is 19.8 Å². The third-order valence-electron chi connectivity index (χ3n) is 5.78. The van der Waals surface area contributed by atoms with Gasteiger partial charge in [-0.1, -0.05) is 36.4 Å². The minimum Gasteiger partial charge on any atom is -0.497 e. The van der Waals surface area contributed by atoms with E-state index in [1.54, 1.807) is 36.4 Å². The third kappa shape index (κ3) is 6.47. The van der Waals surface area contributed by atoms with Gasteiger partial charge in [0.2, 0.25) is 10.0 Å². The summed E-state index contributed by atoms with van der Waals surface area (Å²) in [6.07, 6.45) is 1.62. The lowest BCUT2D eigenvalue weighted by Crippen LogP contribution is -2.53. The van der Waals surface area contributed by atoms with Gasteiger partial charge < -0.3 is 10.1 Å². The summed E-state index contributed by atoms with van der Waals surface area (Å²) in [5.41, 5.74) is -1.11. The SMILES string of the molecule is COc1ccc(S(=O)(=O)N2CCC(F)(C(=O)N[C@@H](C)/C=C\S(C)(=O)=O)CC2)c(-c2ccccc2)c1. The van der Waals surface area contributed by atoms with Crippen molar-refractivity contribution in [3.8, 4) is 16.9 Å². The number of amides is 1. The lowest BCUT2D eigenvalue weighted by Gasteiger charge is -2.35. The van der Waals surface area contributed by atoms with Gasteiger partial charge in [0, 0.05) is 49.2 Å². The molecule has 11 heteroatoms. The van der Waals surface area contributed by atoms with Gasteiger partial charge in [0.05, 0.1) is 12.0 Å². The summed E-state index contributed by atoms with van der Waals surface area (Å²) in [6, 6.07) is 13.0. The highest BCUT2D eigenvalue weighted by molar-refractivity contribution is 7.93. The van der Waals surface area contributed by atoms with Gasteiger partial charge in [-0.3, -0.25) is 4.79 Å². The number of nitrogens with zero attached hydrogens (tertiary/aromatic N) is 1. The fraction of sp³-hybridized carbons (Fsp3) is 0.375. The molecule has 1 fully saturated rings. The van der Waals surface area contributed by atoms with Gasteiger partial charge in [-0.25, -0.2) is 21.2 Å². The molecule has 0 spiro atoms. The van der Waals surface area contributed by atoms with Gasteiger partial charge in [0.1, 0.15) is 5.75 Å². The first-order valence-corrected chi connectivity index (χ1v) is 14.4. The molecule has 0 saturated carbocycles. The summed E-state index contributed by atoms with van der Waals surface area (Å²) in [7, 11) is -5.88. The number of carbonyl (C=O) groups is 1. The quantitative estimate of drug-likeness (QED) is 0.569. The minimum absolute atomic E-state index is 0.0693. The second-order valence-electron chi connectivity index (χ2n) is 8.52. The number of nitrogens with one attached hydrogen (secondary N) is 1. The molecule has 0 bridgehead atoms. The number of methoxy groups -OCH3 is 1. The first-order valence-electron chi connectivity index (χ1n) is 11.0. The molecule has 1 aliphatic rings. The molecule has 190 valence electrons. The van der Waals surface area contributed by atoms with E-state index in [0.29, 0.717) is 16.9 Å². The first-order chi connectivity index (χ1) is 16.4. The molecule has 1 atom stereocenters. The van der Waals surface area contributed by atoms with Crippen LogP contribution >= 0.6 is 0 Å². The number of benzene rings is 2. The molecule has 35 heavy (non-hydrogen) atoms. The van der Waals surface area contributed by atoms with Crippen molar-refractivity contribution in [1.29, 1.82) is 0 Å². The number of hydrogen-bond donors (Lipinski definition) is 1. The Kier molecular flexibility index (Phi) is 8.03. The third-order valence-corrected chi connectivity index (χ3v) is 8.39. The predicted octanol–water partition coefficient (Wildman–Crippen LogP) is 2.92. The number of ether oxygens (including phenoxy) is 1. The van der Waals surface area contributed by atoms with Crippen LogP contribution < -0.4 is 10.1 Å². The summed E-state index contributed by atoms with van der Waals surface area (Å²) in [5.74, 6) is -0.394. The van der Waals surface area contributed by atoms with Crippen LogP contribution in [0, 0.1) is 0 Å². The molecule has 1 saturated heterocycles. The van der Waals surface area contributed by atoms with Gasteiger partial charge >= 0.3 is 0 Å². The maximum absolute atomic E-state index is 15.4. The van der Waals surface area contributed by atoms with Crippen LogP contribution in [0.25, 0.3) is 11.1 Å². The predicted molar refractivity (Wildman–Crippen MR) is 132 cm³/mol. The van der Waals surface area contributed by atoms with E-state index in [9.17, 15) is 21.6 Å². The van der Waals surface area contributed by atoms with E-state index >= 15 is 4.39 Å². The van der Waals surface area contributed by atoms with E-state index in [1.807, 2.05) is 6.07 Å².